The molecule has 7 heteroatoms. The zero-order chi connectivity index (χ0) is 15.0. The number of aromatic hydroxyl groups is 1. The molecule has 6 nitrogen and oxygen atoms in total. The lowest BCUT2D eigenvalue weighted by molar-refractivity contribution is -0.129. The van der Waals surface area contributed by atoms with Crippen LogP contribution in [0.25, 0.3) is 6.08 Å². The van der Waals surface area contributed by atoms with Gasteiger partial charge in [-0.2, -0.15) is 8.42 Å². The fourth-order valence-corrected chi connectivity index (χ4v) is 1.83. The molecule has 0 saturated carbocycles. The van der Waals surface area contributed by atoms with E-state index >= 15 is 0 Å². The summed E-state index contributed by atoms with van der Waals surface area (Å²) in [5.41, 5.74) is 0.615. The lowest BCUT2D eigenvalue weighted by atomic mass is 10.2. The summed E-state index contributed by atoms with van der Waals surface area (Å²) < 4.78 is 31.2. The molecule has 1 N–H and O–H groups in total. The zero-order valence-electron chi connectivity index (χ0n) is 11.0. The quantitative estimate of drug-likeness (QED) is 0.612. The molecule has 0 saturated heterocycles. The maximum absolute atomic E-state index is 11.3. The maximum Gasteiger partial charge on any atom is 0.451 e. The number of phenols is 1. The predicted octanol–water partition coefficient (Wildman–Crippen LogP) is 2.01. The number of hydrogen-bond acceptors (Lipinski definition) is 6. The van der Waals surface area contributed by atoms with Crippen LogP contribution in [0.4, 0.5) is 0 Å². The predicted molar refractivity (Wildman–Crippen MR) is 73.0 cm³/mol. The van der Waals surface area contributed by atoms with Crippen LogP contribution in [0.2, 0.25) is 0 Å². The minimum atomic E-state index is -4.30. The van der Waals surface area contributed by atoms with Gasteiger partial charge in [0.15, 0.2) is 0 Å². The zero-order valence-corrected chi connectivity index (χ0v) is 11.8. The van der Waals surface area contributed by atoms with Crippen LogP contribution in [-0.4, -0.2) is 26.1 Å². The van der Waals surface area contributed by atoms with Crippen molar-refractivity contribution in [1.82, 2.24) is 0 Å². The van der Waals surface area contributed by atoms with E-state index in [9.17, 15) is 13.2 Å². The second-order valence-corrected chi connectivity index (χ2v) is 5.13. The first-order chi connectivity index (χ1) is 9.43. The average Bonchev–Trinajstić information content (AvgIpc) is 2.37. The van der Waals surface area contributed by atoms with E-state index in [0.29, 0.717) is 12.0 Å². The van der Waals surface area contributed by atoms with Gasteiger partial charge >= 0.3 is 16.4 Å². The Morgan fingerprint density at radius 1 is 1.30 bits per heavy atom. The molecule has 20 heavy (non-hydrogen) atoms. The van der Waals surface area contributed by atoms with Crippen LogP contribution in [-0.2, 0) is 23.6 Å². The third kappa shape index (κ3) is 6.35. The van der Waals surface area contributed by atoms with Gasteiger partial charge < -0.3 is 9.29 Å². The summed E-state index contributed by atoms with van der Waals surface area (Å²) in [5, 5.41) is 9.08. The van der Waals surface area contributed by atoms with Gasteiger partial charge in [0.25, 0.3) is 0 Å². The van der Waals surface area contributed by atoms with Crippen LogP contribution < -0.4 is 0 Å². The third-order valence-corrected chi connectivity index (χ3v) is 3.04. The fourth-order valence-electron chi connectivity index (χ4n) is 1.21. The van der Waals surface area contributed by atoms with E-state index in [0.717, 1.165) is 12.5 Å². The molecule has 1 rings (SSSR count). The van der Waals surface area contributed by atoms with Crippen LogP contribution in [0.1, 0.15) is 25.3 Å². The average molecular weight is 300 g/mol. The number of hydrogen-bond donors (Lipinski definition) is 1. The normalized spacial score (nSPS) is 11.7. The molecule has 0 atom stereocenters. The van der Waals surface area contributed by atoms with Crippen molar-refractivity contribution in [1.29, 1.82) is 0 Å². The van der Waals surface area contributed by atoms with Gasteiger partial charge in [-0.15, -0.1) is 0 Å². The van der Waals surface area contributed by atoms with Crippen molar-refractivity contribution in [2.45, 2.75) is 19.8 Å². The summed E-state index contributed by atoms with van der Waals surface area (Å²) in [4.78, 5) is 11.3. The van der Waals surface area contributed by atoms with E-state index in [1.54, 1.807) is 12.1 Å². The largest absolute Gasteiger partial charge is 0.508 e. The number of carbonyl (C=O) groups is 1. The molecule has 0 spiro atoms. The molecule has 0 unspecified atom stereocenters. The van der Waals surface area contributed by atoms with Gasteiger partial charge in [0.2, 0.25) is 0 Å². The standard InChI is InChI=1S/C13H16O6S/c1-2-3-10-18-20(16,17)19-13(15)9-6-11-4-7-12(14)8-5-11/h4-9,14H,2-3,10H2,1H3/b9-6+. The first-order valence-electron chi connectivity index (χ1n) is 6.03. The molecule has 0 fully saturated rings. The highest BCUT2D eigenvalue weighted by Crippen LogP contribution is 2.11. The molecule has 0 bridgehead atoms. The molecule has 0 aliphatic carbocycles. The highest BCUT2D eigenvalue weighted by molar-refractivity contribution is 7.82. The smallest absolute Gasteiger partial charge is 0.451 e. The minimum Gasteiger partial charge on any atom is -0.508 e. The van der Waals surface area contributed by atoms with Crippen LogP contribution in [0.3, 0.4) is 0 Å². The highest BCUT2D eigenvalue weighted by Gasteiger charge is 2.15. The van der Waals surface area contributed by atoms with Gasteiger partial charge in [-0.1, -0.05) is 25.5 Å². The van der Waals surface area contributed by atoms with Gasteiger partial charge in [-0.25, -0.2) is 8.98 Å². The summed E-state index contributed by atoms with van der Waals surface area (Å²) in [6.45, 7) is 1.86. The van der Waals surface area contributed by atoms with E-state index < -0.39 is 16.4 Å². The molecule has 0 amide bonds. The molecular formula is C13H16O6S. The van der Waals surface area contributed by atoms with Crippen LogP contribution in [0.5, 0.6) is 5.75 Å². The van der Waals surface area contributed by atoms with Crippen molar-refractivity contribution >= 4 is 22.4 Å². The van der Waals surface area contributed by atoms with Crippen molar-refractivity contribution in [3.63, 3.8) is 0 Å². The molecule has 0 radical (unpaired) electrons. The number of phenolic OH excluding ortho intramolecular Hbond substituents is 1. The molecule has 0 aliphatic heterocycles. The van der Waals surface area contributed by atoms with E-state index in [2.05, 4.69) is 8.37 Å². The molecule has 1 aromatic rings. The minimum absolute atomic E-state index is 0.0200. The Morgan fingerprint density at radius 3 is 2.55 bits per heavy atom. The van der Waals surface area contributed by atoms with Crippen LogP contribution in [0, 0.1) is 0 Å². The van der Waals surface area contributed by atoms with Gasteiger partial charge in [0.05, 0.1) is 6.61 Å². The first-order valence-corrected chi connectivity index (χ1v) is 7.36. The van der Waals surface area contributed by atoms with Crippen LogP contribution in [0.15, 0.2) is 30.3 Å². The summed E-state index contributed by atoms with van der Waals surface area (Å²) in [6, 6.07) is 6.00. The summed E-state index contributed by atoms with van der Waals surface area (Å²) in [6.07, 6.45) is 3.65. The van der Waals surface area contributed by atoms with E-state index in [1.165, 1.54) is 18.2 Å². The SMILES string of the molecule is CCCCOS(=O)(=O)OC(=O)/C=C/c1ccc(O)cc1. The molecule has 1 aromatic carbocycles. The van der Waals surface area contributed by atoms with Gasteiger partial charge in [-0.3, -0.25) is 0 Å². The highest BCUT2D eigenvalue weighted by atomic mass is 32.3. The van der Waals surface area contributed by atoms with E-state index in [-0.39, 0.29) is 12.4 Å². The van der Waals surface area contributed by atoms with E-state index in [1.807, 2.05) is 6.92 Å². The van der Waals surface area contributed by atoms with Crippen molar-refractivity contribution < 1.29 is 26.7 Å². The van der Waals surface area contributed by atoms with Gasteiger partial charge in [-0.05, 0) is 30.2 Å². The van der Waals surface area contributed by atoms with E-state index in [4.69, 9.17) is 5.11 Å². The van der Waals surface area contributed by atoms with Crippen molar-refractivity contribution in [2.75, 3.05) is 6.61 Å². The Balaban J connectivity index is 2.52. The van der Waals surface area contributed by atoms with Gasteiger partial charge in [0.1, 0.15) is 5.75 Å². The Morgan fingerprint density at radius 2 is 1.95 bits per heavy atom. The van der Waals surface area contributed by atoms with Crippen molar-refractivity contribution in [2.24, 2.45) is 0 Å². The molecule has 110 valence electrons. The van der Waals surface area contributed by atoms with Gasteiger partial charge in [0, 0.05) is 6.08 Å². The Kier molecular flexibility index (Phi) is 6.20. The van der Waals surface area contributed by atoms with Crippen molar-refractivity contribution in [3.05, 3.63) is 35.9 Å². The Labute approximate surface area is 118 Å². The Bertz CT molecular complexity index is 559. The lowest BCUT2D eigenvalue weighted by Crippen LogP contribution is -2.14. The maximum atomic E-state index is 11.3. The number of rotatable bonds is 7. The number of unbranched alkanes of at least 4 members (excludes halogenated alkanes) is 1. The Hall–Kier alpha value is -1.86. The second kappa shape index (κ2) is 7.66. The summed E-state index contributed by atoms with van der Waals surface area (Å²) in [5.74, 6) is -0.953. The number of carbonyl (C=O) groups excluding carboxylic acids is 1. The lowest BCUT2D eigenvalue weighted by Gasteiger charge is -2.03. The fraction of sp³-hybridized carbons (Fsp3) is 0.308. The summed E-state index contributed by atoms with van der Waals surface area (Å²) >= 11 is 0. The van der Waals surface area contributed by atoms with Crippen LogP contribution >= 0.6 is 0 Å². The third-order valence-electron chi connectivity index (χ3n) is 2.21. The number of benzene rings is 1. The first kappa shape index (κ1) is 16.2. The van der Waals surface area contributed by atoms with Crippen molar-refractivity contribution in [3.8, 4) is 5.75 Å². The topological polar surface area (TPSA) is 89.9 Å². The second-order valence-electron chi connectivity index (χ2n) is 3.91. The molecule has 0 aromatic heterocycles. The molecular weight excluding hydrogens is 284 g/mol. The monoisotopic (exact) mass is 300 g/mol. The molecule has 0 aliphatic rings. The summed E-state index contributed by atoms with van der Waals surface area (Å²) in [7, 11) is -4.30. The molecule has 0 heterocycles.